The zero-order valence-corrected chi connectivity index (χ0v) is 13.2. The Balaban J connectivity index is 2.58. The summed E-state index contributed by atoms with van der Waals surface area (Å²) >= 11 is 5.92. The van der Waals surface area contributed by atoms with Crippen LogP contribution < -0.4 is 10.3 Å². The van der Waals surface area contributed by atoms with E-state index in [2.05, 4.69) is 18.9 Å². The van der Waals surface area contributed by atoms with Gasteiger partial charge in [-0.2, -0.15) is 9.78 Å². The summed E-state index contributed by atoms with van der Waals surface area (Å²) in [7, 11) is 1.60. The van der Waals surface area contributed by atoms with Gasteiger partial charge in [-0.25, -0.2) is 0 Å². The van der Waals surface area contributed by atoms with Crippen LogP contribution in [0.15, 0.2) is 35.1 Å². The molecular weight excluding hydrogens is 288 g/mol. The number of rotatable bonds is 5. The van der Waals surface area contributed by atoms with Crippen molar-refractivity contribution in [3.05, 3.63) is 51.4 Å². The molecule has 0 bridgehead atoms. The summed E-state index contributed by atoms with van der Waals surface area (Å²) in [4.78, 5) is 12.1. The molecule has 0 fully saturated rings. The molecule has 1 atom stereocenters. The Morgan fingerprint density at radius 1 is 1.33 bits per heavy atom. The molecule has 0 saturated heterocycles. The van der Waals surface area contributed by atoms with Gasteiger partial charge in [0.05, 0.1) is 12.8 Å². The summed E-state index contributed by atoms with van der Waals surface area (Å²) in [6.07, 6.45) is 1.94. The van der Waals surface area contributed by atoms with Gasteiger partial charge in [0.2, 0.25) is 0 Å². The van der Waals surface area contributed by atoms with Crippen molar-refractivity contribution in [1.29, 1.82) is 0 Å². The van der Waals surface area contributed by atoms with Crippen LogP contribution in [0.2, 0.25) is 5.15 Å². The van der Waals surface area contributed by atoms with E-state index in [1.807, 2.05) is 18.2 Å². The first-order valence-electron chi connectivity index (χ1n) is 6.98. The van der Waals surface area contributed by atoms with E-state index in [9.17, 15) is 4.79 Å². The van der Waals surface area contributed by atoms with Crippen molar-refractivity contribution in [3.8, 4) is 11.4 Å². The predicted octanol–water partition coefficient (Wildman–Crippen LogP) is 3.48. The lowest BCUT2D eigenvalue weighted by Gasteiger charge is -2.15. The van der Waals surface area contributed by atoms with Crippen LogP contribution in [0.4, 0.5) is 0 Å². The molecule has 0 amide bonds. The maximum Gasteiger partial charge on any atom is 0.271 e. The zero-order valence-electron chi connectivity index (χ0n) is 12.5. The Bertz CT molecular complexity index is 682. The van der Waals surface area contributed by atoms with Crippen LogP contribution in [0.1, 0.15) is 25.8 Å². The second-order valence-electron chi connectivity index (χ2n) is 5.12. The first kappa shape index (κ1) is 15.6. The molecule has 1 heterocycles. The molecular formula is C16H19ClN2O2. The zero-order chi connectivity index (χ0) is 15.4. The molecule has 2 rings (SSSR count). The van der Waals surface area contributed by atoms with Crippen molar-refractivity contribution in [2.45, 2.75) is 26.7 Å². The summed E-state index contributed by atoms with van der Waals surface area (Å²) in [6, 6.07) is 8.62. The number of nitrogens with zero attached hydrogens (tertiary/aromatic N) is 2. The van der Waals surface area contributed by atoms with E-state index in [0.29, 0.717) is 11.7 Å². The lowest BCUT2D eigenvalue weighted by molar-refractivity contribution is 0.414. The van der Waals surface area contributed by atoms with E-state index in [0.717, 1.165) is 24.1 Å². The fourth-order valence-corrected chi connectivity index (χ4v) is 2.26. The Kier molecular flexibility index (Phi) is 5.02. The molecule has 0 aliphatic carbocycles. The van der Waals surface area contributed by atoms with Crippen molar-refractivity contribution >= 4 is 11.6 Å². The maximum atomic E-state index is 12.1. The highest BCUT2D eigenvalue weighted by molar-refractivity contribution is 6.29. The summed E-state index contributed by atoms with van der Waals surface area (Å²) in [5.74, 6) is 1.21. The van der Waals surface area contributed by atoms with Crippen LogP contribution in [-0.2, 0) is 6.42 Å². The third-order valence-corrected chi connectivity index (χ3v) is 3.76. The van der Waals surface area contributed by atoms with Gasteiger partial charge in [0.15, 0.2) is 0 Å². The Morgan fingerprint density at radius 2 is 2.10 bits per heavy atom. The molecule has 4 nitrogen and oxygen atoms in total. The minimum atomic E-state index is -0.210. The second-order valence-corrected chi connectivity index (χ2v) is 5.51. The molecule has 5 heteroatoms. The van der Waals surface area contributed by atoms with E-state index in [-0.39, 0.29) is 10.7 Å². The third-order valence-electron chi connectivity index (χ3n) is 3.55. The first-order valence-corrected chi connectivity index (χ1v) is 7.36. The molecule has 0 N–H and O–H groups in total. The van der Waals surface area contributed by atoms with Crippen molar-refractivity contribution in [2.75, 3.05) is 7.11 Å². The molecule has 0 spiro atoms. The fourth-order valence-electron chi connectivity index (χ4n) is 2.12. The van der Waals surface area contributed by atoms with Gasteiger partial charge >= 0.3 is 0 Å². The van der Waals surface area contributed by atoms with E-state index in [1.54, 1.807) is 7.11 Å². The third kappa shape index (κ3) is 3.64. The van der Waals surface area contributed by atoms with Gasteiger partial charge in [-0.3, -0.25) is 4.79 Å². The molecule has 21 heavy (non-hydrogen) atoms. The minimum absolute atomic E-state index is 0.210. The smallest absolute Gasteiger partial charge is 0.271 e. The van der Waals surface area contributed by atoms with Gasteiger partial charge < -0.3 is 4.74 Å². The van der Waals surface area contributed by atoms with E-state index < -0.39 is 0 Å². The Hall–Kier alpha value is -1.81. The van der Waals surface area contributed by atoms with Gasteiger partial charge in [0, 0.05) is 12.1 Å². The van der Waals surface area contributed by atoms with Crippen LogP contribution in [-0.4, -0.2) is 16.9 Å². The van der Waals surface area contributed by atoms with Crippen LogP contribution in [0.25, 0.3) is 5.69 Å². The average Bonchev–Trinajstić information content (AvgIpc) is 2.50. The Morgan fingerprint density at radius 3 is 2.76 bits per heavy atom. The lowest BCUT2D eigenvalue weighted by Crippen LogP contribution is -2.21. The van der Waals surface area contributed by atoms with Crippen LogP contribution in [0, 0.1) is 5.92 Å². The molecule has 0 unspecified atom stereocenters. The van der Waals surface area contributed by atoms with E-state index >= 15 is 0 Å². The number of ether oxygens (including phenoxy) is 1. The molecule has 1 aromatic heterocycles. The highest BCUT2D eigenvalue weighted by Gasteiger charge is 2.12. The highest BCUT2D eigenvalue weighted by atomic mass is 35.5. The molecule has 2 aromatic rings. The number of halogens is 1. The largest absolute Gasteiger partial charge is 0.497 e. The van der Waals surface area contributed by atoms with Gasteiger partial charge in [0.25, 0.3) is 5.56 Å². The number of methoxy groups -OCH3 is 1. The van der Waals surface area contributed by atoms with Gasteiger partial charge in [-0.1, -0.05) is 37.9 Å². The molecule has 1 aromatic carbocycles. The normalized spacial score (nSPS) is 12.2. The van der Waals surface area contributed by atoms with Crippen LogP contribution in [0.5, 0.6) is 5.75 Å². The van der Waals surface area contributed by atoms with Crippen molar-refractivity contribution in [2.24, 2.45) is 5.92 Å². The highest BCUT2D eigenvalue weighted by Crippen LogP contribution is 2.23. The summed E-state index contributed by atoms with van der Waals surface area (Å²) in [5, 5.41) is 4.41. The number of hydrogen-bond donors (Lipinski definition) is 0. The molecule has 0 aliphatic rings. The van der Waals surface area contributed by atoms with Crippen molar-refractivity contribution in [3.63, 3.8) is 0 Å². The average molecular weight is 307 g/mol. The van der Waals surface area contributed by atoms with E-state index in [1.165, 1.54) is 16.8 Å². The lowest BCUT2D eigenvalue weighted by atomic mass is 9.97. The monoisotopic (exact) mass is 306 g/mol. The number of benzene rings is 1. The first-order chi connectivity index (χ1) is 10.0. The minimum Gasteiger partial charge on any atom is -0.497 e. The SMILES string of the molecule is CC[C@@H](C)Cc1ccc(OC)cc1-n1nc(Cl)ccc1=O. The maximum absolute atomic E-state index is 12.1. The van der Waals surface area contributed by atoms with Gasteiger partial charge in [0.1, 0.15) is 10.9 Å². The van der Waals surface area contributed by atoms with Crippen LogP contribution >= 0.6 is 11.6 Å². The van der Waals surface area contributed by atoms with Gasteiger partial charge in [-0.15, -0.1) is 0 Å². The quantitative estimate of drug-likeness (QED) is 0.849. The summed E-state index contributed by atoms with van der Waals surface area (Å²) < 4.78 is 6.59. The summed E-state index contributed by atoms with van der Waals surface area (Å²) in [5.41, 5.74) is 1.57. The topological polar surface area (TPSA) is 44.1 Å². The second kappa shape index (κ2) is 6.76. The summed E-state index contributed by atoms with van der Waals surface area (Å²) in [6.45, 7) is 4.33. The molecule has 0 saturated carbocycles. The number of aromatic nitrogens is 2. The molecule has 112 valence electrons. The van der Waals surface area contributed by atoms with Crippen LogP contribution in [0.3, 0.4) is 0 Å². The van der Waals surface area contributed by atoms with E-state index in [4.69, 9.17) is 16.3 Å². The predicted molar refractivity (Wildman–Crippen MR) is 84.6 cm³/mol. The standard InChI is InChI=1S/C16H19ClN2O2/c1-4-11(2)9-12-5-6-13(21-3)10-14(12)19-16(20)8-7-15(17)18-19/h5-8,10-11H,4,9H2,1-3H3/t11-/m1/s1. The number of hydrogen-bond acceptors (Lipinski definition) is 3. The van der Waals surface area contributed by atoms with Gasteiger partial charge in [-0.05, 0) is 30.0 Å². The Labute approximate surface area is 129 Å². The molecule has 0 radical (unpaired) electrons. The fraction of sp³-hybridized carbons (Fsp3) is 0.375. The van der Waals surface area contributed by atoms with Crippen molar-refractivity contribution < 1.29 is 4.74 Å². The van der Waals surface area contributed by atoms with Crippen molar-refractivity contribution in [1.82, 2.24) is 9.78 Å². The molecule has 0 aliphatic heterocycles.